The van der Waals surface area contributed by atoms with Crippen molar-refractivity contribution in [2.45, 2.75) is 24.9 Å². The van der Waals surface area contributed by atoms with Gasteiger partial charge < -0.3 is 14.1 Å². The van der Waals surface area contributed by atoms with Crippen molar-refractivity contribution >= 4 is 35.2 Å². The number of benzene rings is 1. The second-order valence-electron chi connectivity index (χ2n) is 5.38. The normalized spacial score (nSPS) is 20.2. The van der Waals surface area contributed by atoms with Crippen molar-refractivity contribution < 1.29 is 18.7 Å². The van der Waals surface area contributed by atoms with Crippen LogP contribution in [0.15, 0.2) is 47.1 Å². The van der Waals surface area contributed by atoms with E-state index in [1.165, 1.54) is 23.6 Å². The van der Waals surface area contributed by atoms with Crippen molar-refractivity contribution in [2.24, 2.45) is 0 Å². The van der Waals surface area contributed by atoms with Gasteiger partial charge in [0.15, 0.2) is 0 Å². The van der Waals surface area contributed by atoms with E-state index in [0.717, 1.165) is 5.56 Å². The molecule has 1 aliphatic rings. The molecular weight excluding hydrogens is 350 g/mol. The number of carbonyl (C=O) groups excluding carboxylic acids is 2. The molecule has 24 heavy (non-hydrogen) atoms. The summed E-state index contributed by atoms with van der Waals surface area (Å²) in [5, 5.41) is 0.326. The fourth-order valence-electron chi connectivity index (χ4n) is 2.55. The fraction of sp³-hybridized carbons (Fsp3) is 0.294. The lowest BCUT2D eigenvalue weighted by atomic mass is 10.2. The van der Waals surface area contributed by atoms with Gasteiger partial charge in [-0.05, 0) is 29.8 Å². The van der Waals surface area contributed by atoms with E-state index in [0.29, 0.717) is 16.5 Å². The van der Waals surface area contributed by atoms with E-state index in [9.17, 15) is 9.59 Å². The number of esters is 1. The maximum atomic E-state index is 12.4. The third-order valence-electron chi connectivity index (χ3n) is 3.72. The van der Waals surface area contributed by atoms with E-state index in [-0.39, 0.29) is 17.9 Å². The SMILES string of the molecule is CC(=O)N1[C@@H](c2ccco2)SC[C@H]1C(=O)OCc1ccc(Cl)cc1. The predicted octanol–water partition coefficient (Wildman–Crippen LogP) is 3.64. The minimum absolute atomic E-state index is 0.147. The van der Waals surface area contributed by atoms with Crippen molar-refractivity contribution in [1.29, 1.82) is 0 Å². The van der Waals surface area contributed by atoms with Crippen LogP contribution in [-0.2, 0) is 20.9 Å². The van der Waals surface area contributed by atoms with E-state index in [2.05, 4.69) is 0 Å². The van der Waals surface area contributed by atoms with Crippen LogP contribution < -0.4 is 0 Å². The first-order valence-electron chi connectivity index (χ1n) is 7.41. The predicted molar refractivity (Wildman–Crippen MR) is 91.5 cm³/mol. The molecule has 3 rings (SSSR count). The summed E-state index contributed by atoms with van der Waals surface area (Å²) in [5.74, 6) is 0.532. The quantitative estimate of drug-likeness (QED) is 0.774. The van der Waals surface area contributed by atoms with Crippen LogP contribution in [0.25, 0.3) is 0 Å². The van der Waals surface area contributed by atoms with E-state index in [4.69, 9.17) is 20.8 Å². The number of furan rings is 1. The molecule has 1 fully saturated rings. The van der Waals surface area contributed by atoms with Crippen molar-refractivity contribution in [1.82, 2.24) is 4.90 Å². The molecule has 0 spiro atoms. The Hall–Kier alpha value is -1.92. The molecule has 2 atom stereocenters. The molecule has 1 aliphatic heterocycles. The molecule has 2 heterocycles. The first-order chi connectivity index (χ1) is 11.6. The molecular formula is C17H16ClNO4S. The maximum absolute atomic E-state index is 12.4. The Balaban J connectivity index is 1.67. The maximum Gasteiger partial charge on any atom is 0.330 e. The monoisotopic (exact) mass is 365 g/mol. The van der Waals surface area contributed by atoms with Crippen LogP contribution in [0.1, 0.15) is 23.6 Å². The minimum Gasteiger partial charge on any atom is -0.466 e. The zero-order valence-corrected chi connectivity index (χ0v) is 14.5. The summed E-state index contributed by atoms with van der Waals surface area (Å²) in [6.07, 6.45) is 1.56. The minimum atomic E-state index is -0.616. The van der Waals surface area contributed by atoms with E-state index >= 15 is 0 Å². The molecule has 1 amide bonds. The van der Waals surface area contributed by atoms with Crippen LogP contribution in [0.5, 0.6) is 0 Å². The van der Waals surface area contributed by atoms with Crippen molar-refractivity contribution in [3.05, 3.63) is 59.0 Å². The van der Waals surface area contributed by atoms with Gasteiger partial charge in [0.25, 0.3) is 0 Å². The summed E-state index contributed by atoms with van der Waals surface area (Å²) in [6.45, 7) is 1.59. The Labute approximate surface area is 148 Å². The number of nitrogens with zero attached hydrogens (tertiary/aromatic N) is 1. The van der Waals surface area contributed by atoms with Crippen molar-refractivity contribution in [3.63, 3.8) is 0 Å². The zero-order valence-electron chi connectivity index (χ0n) is 13.0. The Morgan fingerprint density at radius 3 is 2.71 bits per heavy atom. The third-order valence-corrected chi connectivity index (χ3v) is 5.25. The summed E-state index contributed by atoms with van der Waals surface area (Å²) in [4.78, 5) is 26.0. The number of carbonyl (C=O) groups is 2. The highest BCUT2D eigenvalue weighted by Crippen LogP contribution is 2.41. The van der Waals surface area contributed by atoms with Crippen LogP contribution >= 0.6 is 23.4 Å². The number of halogens is 1. The molecule has 1 aromatic carbocycles. The zero-order chi connectivity index (χ0) is 17.1. The molecule has 0 unspecified atom stereocenters. The van der Waals surface area contributed by atoms with E-state index in [1.54, 1.807) is 42.7 Å². The molecule has 5 nitrogen and oxygen atoms in total. The molecule has 0 N–H and O–H groups in total. The van der Waals surface area contributed by atoms with Crippen molar-refractivity contribution in [3.8, 4) is 0 Å². The molecule has 126 valence electrons. The van der Waals surface area contributed by atoms with Gasteiger partial charge in [0.05, 0.1) is 6.26 Å². The average molecular weight is 366 g/mol. The number of rotatable bonds is 4. The van der Waals surface area contributed by atoms with Gasteiger partial charge in [-0.25, -0.2) is 4.79 Å². The Morgan fingerprint density at radius 2 is 2.08 bits per heavy atom. The molecule has 1 saturated heterocycles. The van der Waals surface area contributed by atoms with Gasteiger partial charge in [-0.2, -0.15) is 0 Å². The molecule has 0 aliphatic carbocycles. The largest absolute Gasteiger partial charge is 0.466 e. The summed E-state index contributed by atoms with van der Waals surface area (Å²) < 4.78 is 10.8. The van der Waals surface area contributed by atoms with Crippen LogP contribution in [0.3, 0.4) is 0 Å². The lowest BCUT2D eigenvalue weighted by molar-refractivity contribution is -0.154. The van der Waals surface area contributed by atoms with Gasteiger partial charge in [-0.15, -0.1) is 11.8 Å². The fourth-order valence-corrected chi connectivity index (χ4v) is 4.10. The molecule has 2 aromatic rings. The highest BCUT2D eigenvalue weighted by molar-refractivity contribution is 7.99. The lowest BCUT2D eigenvalue weighted by Crippen LogP contribution is -2.42. The van der Waals surface area contributed by atoms with Crippen molar-refractivity contribution in [2.75, 3.05) is 5.75 Å². The average Bonchev–Trinajstić information content (AvgIpc) is 3.22. The van der Waals surface area contributed by atoms with Crippen LogP contribution in [0.2, 0.25) is 5.02 Å². The van der Waals surface area contributed by atoms with Crippen LogP contribution in [-0.4, -0.2) is 28.6 Å². The standard InChI is InChI=1S/C17H16ClNO4S/c1-11(20)19-14(10-24-16(19)15-3-2-8-22-15)17(21)23-9-12-4-6-13(18)7-5-12/h2-8,14,16H,9-10H2,1H3/t14-,16+/m0/s1. The smallest absolute Gasteiger partial charge is 0.330 e. The first-order valence-corrected chi connectivity index (χ1v) is 8.84. The highest BCUT2D eigenvalue weighted by Gasteiger charge is 2.43. The van der Waals surface area contributed by atoms with Gasteiger partial charge in [0, 0.05) is 17.7 Å². The second kappa shape index (κ2) is 7.32. The molecule has 0 radical (unpaired) electrons. The summed E-state index contributed by atoms with van der Waals surface area (Å²) in [7, 11) is 0. The number of ether oxygens (including phenoxy) is 1. The molecule has 0 saturated carbocycles. The van der Waals surface area contributed by atoms with E-state index < -0.39 is 12.0 Å². The number of hydrogen-bond donors (Lipinski definition) is 0. The lowest BCUT2D eigenvalue weighted by Gasteiger charge is -2.25. The van der Waals surface area contributed by atoms with Gasteiger partial charge >= 0.3 is 5.97 Å². The molecule has 7 heteroatoms. The van der Waals surface area contributed by atoms with Gasteiger partial charge in [-0.3, -0.25) is 4.79 Å². The number of hydrogen-bond acceptors (Lipinski definition) is 5. The van der Waals surface area contributed by atoms with Gasteiger partial charge in [0.1, 0.15) is 23.8 Å². The number of thioether (sulfide) groups is 1. The Kier molecular flexibility index (Phi) is 5.16. The second-order valence-corrected chi connectivity index (χ2v) is 6.93. The van der Waals surface area contributed by atoms with Gasteiger partial charge in [-0.1, -0.05) is 23.7 Å². The summed E-state index contributed by atoms with van der Waals surface area (Å²) >= 11 is 7.32. The van der Waals surface area contributed by atoms with Gasteiger partial charge in [0.2, 0.25) is 5.91 Å². The third kappa shape index (κ3) is 3.60. The molecule has 1 aromatic heterocycles. The summed E-state index contributed by atoms with van der Waals surface area (Å²) in [6, 6.07) is 10.0. The topological polar surface area (TPSA) is 59.8 Å². The van der Waals surface area contributed by atoms with Crippen LogP contribution in [0.4, 0.5) is 0 Å². The van der Waals surface area contributed by atoms with Crippen LogP contribution in [0, 0.1) is 0 Å². The Bertz CT molecular complexity index is 717. The van der Waals surface area contributed by atoms with E-state index in [1.807, 2.05) is 0 Å². The Morgan fingerprint density at radius 1 is 1.33 bits per heavy atom. The highest BCUT2D eigenvalue weighted by atomic mass is 35.5. The summed E-state index contributed by atoms with van der Waals surface area (Å²) in [5.41, 5.74) is 0.843. The first kappa shape index (κ1) is 16.9. The molecule has 0 bridgehead atoms. The number of amides is 1.